The molecule has 0 aliphatic rings. The molecule has 88 valence electrons. The summed E-state index contributed by atoms with van der Waals surface area (Å²) in [5.41, 5.74) is 5.74. The molecule has 16 heavy (non-hydrogen) atoms. The maximum absolute atomic E-state index is 7.24. The van der Waals surface area contributed by atoms with Gasteiger partial charge in [-0.05, 0) is 19.9 Å². The topological polar surface area (TPSA) is 81.2 Å². The van der Waals surface area contributed by atoms with Crippen molar-refractivity contribution in [3.63, 3.8) is 0 Å². The number of pyridine rings is 1. The van der Waals surface area contributed by atoms with Crippen molar-refractivity contribution in [1.82, 2.24) is 4.98 Å². The van der Waals surface area contributed by atoms with Crippen molar-refractivity contribution in [2.24, 2.45) is 5.73 Å². The van der Waals surface area contributed by atoms with E-state index >= 15 is 0 Å². The molecule has 5 heteroatoms. The Labute approximate surface area is 95.1 Å². The van der Waals surface area contributed by atoms with Gasteiger partial charge < -0.3 is 15.2 Å². The van der Waals surface area contributed by atoms with Gasteiger partial charge in [0.25, 0.3) is 0 Å². The van der Waals surface area contributed by atoms with Crippen LogP contribution in [0.4, 0.5) is 0 Å². The van der Waals surface area contributed by atoms with Gasteiger partial charge in [0.1, 0.15) is 23.9 Å². The third-order valence-corrected chi connectivity index (χ3v) is 1.81. The molecule has 0 aromatic carbocycles. The van der Waals surface area contributed by atoms with Gasteiger partial charge in [-0.15, -0.1) is 0 Å². The summed E-state index contributed by atoms with van der Waals surface area (Å²) in [5, 5.41) is 7.24. The molecule has 0 radical (unpaired) electrons. The summed E-state index contributed by atoms with van der Waals surface area (Å²) in [4.78, 5) is 3.93. The highest BCUT2D eigenvalue weighted by Crippen LogP contribution is 2.10. The summed E-state index contributed by atoms with van der Waals surface area (Å²) < 4.78 is 10.8. The van der Waals surface area contributed by atoms with Gasteiger partial charge in [0.05, 0.1) is 12.7 Å². The molecule has 0 amide bonds. The van der Waals surface area contributed by atoms with Crippen LogP contribution < -0.4 is 10.5 Å². The van der Waals surface area contributed by atoms with Gasteiger partial charge in [-0.2, -0.15) is 0 Å². The van der Waals surface area contributed by atoms with E-state index in [2.05, 4.69) is 4.98 Å². The second kappa shape index (κ2) is 6.07. The van der Waals surface area contributed by atoms with Crippen molar-refractivity contribution in [3.05, 3.63) is 24.0 Å². The molecule has 0 saturated heterocycles. The predicted octanol–water partition coefficient (Wildman–Crippen LogP) is 1.17. The first kappa shape index (κ1) is 12.4. The molecular weight excluding hydrogens is 206 g/mol. The molecule has 0 spiro atoms. The van der Waals surface area contributed by atoms with Crippen molar-refractivity contribution in [2.75, 3.05) is 13.2 Å². The Morgan fingerprint density at radius 3 is 2.88 bits per heavy atom. The molecule has 1 aromatic heterocycles. The maximum atomic E-state index is 7.24. The first-order valence-corrected chi connectivity index (χ1v) is 5.14. The number of nitrogen functional groups attached to an aromatic ring is 1. The van der Waals surface area contributed by atoms with Crippen LogP contribution in [-0.4, -0.2) is 30.1 Å². The minimum atomic E-state index is -0.0659. The molecule has 0 atom stereocenters. The molecule has 0 aliphatic heterocycles. The van der Waals surface area contributed by atoms with Gasteiger partial charge in [0.15, 0.2) is 0 Å². The monoisotopic (exact) mass is 223 g/mol. The fraction of sp³-hybridized carbons (Fsp3) is 0.455. The van der Waals surface area contributed by atoms with E-state index in [-0.39, 0.29) is 11.9 Å². The number of hydrogen-bond donors (Lipinski definition) is 2. The maximum Gasteiger partial charge on any atom is 0.141 e. The lowest BCUT2D eigenvalue weighted by Crippen LogP contribution is -2.14. The minimum Gasteiger partial charge on any atom is -0.491 e. The van der Waals surface area contributed by atoms with Crippen LogP contribution in [0.1, 0.15) is 19.5 Å². The number of nitrogens with one attached hydrogen (secondary N) is 1. The summed E-state index contributed by atoms with van der Waals surface area (Å²) in [6.45, 7) is 4.95. The molecule has 0 unspecified atom stereocenters. The normalized spacial score (nSPS) is 10.4. The van der Waals surface area contributed by atoms with Crippen molar-refractivity contribution in [2.45, 2.75) is 20.0 Å². The zero-order valence-electron chi connectivity index (χ0n) is 9.56. The number of nitrogens with zero attached hydrogens (tertiary/aromatic N) is 1. The van der Waals surface area contributed by atoms with Gasteiger partial charge in [0.2, 0.25) is 0 Å². The van der Waals surface area contributed by atoms with E-state index in [1.807, 2.05) is 13.8 Å². The Kier molecular flexibility index (Phi) is 4.72. The zero-order chi connectivity index (χ0) is 12.0. The predicted molar refractivity (Wildman–Crippen MR) is 61.8 cm³/mol. The van der Waals surface area contributed by atoms with Crippen LogP contribution in [0.2, 0.25) is 0 Å². The zero-order valence-corrected chi connectivity index (χ0v) is 9.56. The van der Waals surface area contributed by atoms with E-state index in [9.17, 15) is 0 Å². The fourth-order valence-corrected chi connectivity index (χ4v) is 1.09. The molecule has 3 N–H and O–H groups in total. The quantitative estimate of drug-likeness (QED) is 0.431. The fourth-order valence-electron chi connectivity index (χ4n) is 1.09. The smallest absolute Gasteiger partial charge is 0.141 e. The van der Waals surface area contributed by atoms with Crippen molar-refractivity contribution < 1.29 is 9.47 Å². The highest BCUT2D eigenvalue weighted by molar-refractivity contribution is 5.93. The van der Waals surface area contributed by atoms with Crippen LogP contribution in [0.25, 0.3) is 0 Å². The van der Waals surface area contributed by atoms with E-state index < -0.39 is 0 Å². The molecule has 0 fully saturated rings. The van der Waals surface area contributed by atoms with E-state index in [4.69, 9.17) is 20.6 Å². The van der Waals surface area contributed by atoms with Crippen LogP contribution in [0.5, 0.6) is 5.75 Å². The van der Waals surface area contributed by atoms with Crippen molar-refractivity contribution >= 4 is 5.84 Å². The van der Waals surface area contributed by atoms with Gasteiger partial charge in [-0.25, -0.2) is 0 Å². The number of amidine groups is 1. The first-order chi connectivity index (χ1) is 7.59. The number of ether oxygens (including phenoxy) is 2. The van der Waals surface area contributed by atoms with Crippen LogP contribution >= 0.6 is 0 Å². The van der Waals surface area contributed by atoms with Crippen LogP contribution in [0.15, 0.2) is 18.3 Å². The lowest BCUT2D eigenvalue weighted by Gasteiger charge is -2.09. The number of hydrogen-bond acceptors (Lipinski definition) is 4. The first-order valence-electron chi connectivity index (χ1n) is 5.14. The number of rotatable bonds is 6. The largest absolute Gasteiger partial charge is 0.491 e. The molecular formula is C11H17N3O2. The molecule has 0 bridgehead atoms. The third-order valence-electron chi connectivity index (χ3n) is 1.81. The Morgan fingerprint density at radius 2 is 2.25 bits per heavy atom. The van der Waals surface area contributed by atoms with Crippen molar-refractivity contribution in [1.29, 1.82) is 5.41 Å². The molecule has 1 aromatic rings. The van der Waals surface area contributed by atoms with Gasteiger partial charge in [-0.3, -0.25) is 10.4 Å². The third kappa shape index (κ3) is 4.27. The summed E-state index contributed by atoms with van der Waals surface area (Å²) in [6.07, 6.45) is 1.77. The highest BCUT2D eigenvalue weighted by atomic mass is 16.5. The standard InChI is InChI=1S/C11H17N3O2/c1-8(2)15-5-6-16-9-3-4-14-10(7-9)11(12)13/h3-4,7-8H,5-6H2,1-2H3,(H3,12,13). The second-order valence-corrected chi connectivity index (χ2v) is 3.56. The lowest BCUT2D eigenvalue weighted by molar-refractivity contribution is 0.0552. The Balaban J connectivity index is 2.42. The summed E-state index contributed by atoms with van der Waals surface area (Å²) in [5.74, 6) is 0.580. The van der Waals surface area contributed by atoms with E-state index in [0.29, 0.717) is 24.7 Å². The summed E-state index contributed by atoms with van der Waals surface area (Å²) >= 11 is 0. The van der Waals surface area contributed by atoms with Crippen LogP contribution in [0, 0.1) is 5.41 Å². The molecule has 0 aliphatic carbocycles. The van der Waals surface area contributed by atoms with Gasteiger partial charge >= 0.3 is 0 Å². The second-order valence-electron chi connectivity index (χ2n) is 3.56. The summed E-state index contributed by atoms with van der Waals surface area (Å²) in [6, 6.07) is 3.36. The number of nitrogens with two attached hydrogens (primary N) is 1. The Hall–Kier alpha value is -1.62. The lowest BCUT2D eigenvalue weighted by atomic mass is 10.3. The number of aromatic nitrogens is 1. The average molecular weight is 223 g/mol. The SMILES string of the molecule is CC(C)OCCOc1ccnc(C(=N)N)c1. The van der Waals surface area contributed by atoms with Gasteiger partial charge in [-0.1, -0.05) is 0 Å². The van der Waals surface area contributed by atoms with E-state index in [0.717, 1.165) is 0 Å². The van der Waals surface area contributed by atoms with E-state index in [1.165, 1.54) is 0 Å². The average Bonchev–Trinajstić information content (AvgIpc) is 2.24. The van der Waals surface area contributed by atoms with Gasteiger partial charge in [0, 0.05) is 12.3 Å². The molecule has 0 saturated carbocycles. The molecule has 5 nitrogen and oxygen atoms in total. The molecule has 1 heterocycles. The van der Waals surface area contributed by atoms with Crippen molar-refractivity contribution in [3.8, 4) is 5.75 Å². The van der Waals surface area contributed by atoms with E-state index in [1.54, 1.807) is 18.3 Å². The highest BCUT2D eigenvalue weighted by Gasteiger charge is 2.01. The summed E-state index contributed by atoms with van der Waals surface area (Å²) in [7, 11) is 0. The van der Waals surface area contributed by atoms with Crippen LogP contribution in [-0.2, 0) is 4.74 Å². The Morgan fingerprint density at radius 1 is 1.50 bits per heavy atom. The Bertz CT molecular complexity index is 353. The molecule has 1 rings (SSSR count). The van der Waals surface area contributed by atoms with Crippen LogP contribution in [0.3, 0.4) is 0 Å². The minimum absolute atomic E-state index is 0.0659.